The van der Waals surface area contributed by atoms with Crippen LogP contribution in [0.1, 0.15) is 5.56 Å². The number of hydrogen-bond donors (Lipinski definition) is 1. The molecular formula is C17H14ClF3N6O. The van der Waals surface area contributed by atoms with E-state index in [4.69, 9.17) is 11.6 Å². The zero-order valence-electron chi connectivity index (χ0n) is 14.5. The van der Waals surface area contributed by atoms with Crippen LogP contribution in [0.5, 0.6) is 0 Å². The second-order valence-corrected chi connectivity index (χ2v) is 6.28. The minimum absolute atomic E-state index is 0.0116. The number of hydrogen-bond acceptors (Lipinski definition) is 5. The molecule has 1 aromatic heterocycles. The molecule has 0 aliphatic heterocycles. The van der Waals surface area contributed by atoms with E-state index in [-0.39, 0.29) is 12.2 Å². The van der Waals surface area contributed by atoms with Crippen molar-refractivity contribution in [3.8, 4) is 5.69 Å². The van der Waals surface area contributed by atoms with E-state index in [9.17, 15) is 18.0 Å². The van der Waals surface area contributed by atoms with Gasteiger partial charge < -0.3 is 10.2 Å². The molecule has 0 saturated carbocycles. The van der Waals surface area contributed by atoms with Crippen LogP contribution in [0.3, 0.4) is 0 Å². The number of likely N-dealkylation sites (N-methyl/N-ethyl adjacent to an activating group) is 1. The summed E-state index contributed by atoms with van der Waals surface area (Å²) in [5.74, 6) is -0.481. The summed E-state index contributed by atoms with van der Waals surface area (Å²) in [5, 5.41) is 12.9. The highest BCUT2D eigenvalue weighted by Gasteiger charge is 2.33. The smallest absolute Gasteiger partial charge is 0.365 e. The largest absolute Gasteiger partial charge is 0.417 e. The average molecular weight is 411 g/mol. The molecule has 1 amide bonds. The zero-order valence-corrected chi connectivity index (χ0v) is 15.2. The van der Waals surface area contributed by atoms with Gasteiger partial charge in [-0.3, -0.25) is 4.79 Å². The molecule has 2 aromatic carbocycles. The summed E-state index contributed by atoms with van der Waals surface area (Å²) in [6.07, 6.45) is -3.17. The lowest BCUT2D eigenvalue weighted by Gasteiger charge is -2.20. The Morgan fingerprint density at radius 3 is 2.71 bits per heavy atom. The van der Waals surface area contributed by atoms with Crippen LogP contribution in [-0.4, -0.2) is 39.7 Å². The minimum atomic E-state index is -4.61. The zero-order chi connectivity index (χ0) is 20.3. The van der Waals surface area contributed by atoms with Crippen molar-refractivity contribution in [2.24, 2.45) is 0 Å². The van der Waals surface area contributed by atoms with Crippen molar-refractivity contribution in [1.29, 1.82) is 0 Å². The number of alkyl halides is 3. The average Bonchev–Trinajstić information content (AvgIpc) is 3.17. The third-order valence-corrected chi connectivity index (χ3v) is 4.15. The van der Waals surface area contributed by atoms with Crippen molar-refractivity contribution in [3.63, 3.8) is 0 Å². The summed E-state index contributed by atoms with van der Waals surface area (Å²) < 4.78 is 40.3. The van der Waals surface area contributed by atoms with Gasteiger partial charge in [0.05, 0.1) is 22.8 Å². The van der Waals surface area contributed by atoms with E-state index >= 15 is 0 Å². The third-order valence-electron chi connectivity index (χ3n) is 3.82. The molecule has 1 N–H and O–H groups in total. The quantitative estimate of drug-likeness (QED) is 0.697. The number of benzene rings is 2. The van der Waals surface area contributed by atoms with Crippen LogP contribution >= 0.6 is 11.6 Å². The number of amides is 1. The maximum Gasteiger partial charge on any atom is 0.417 e. The van der Waals surface area contributed by atoms with Crippen molar-refractivity contribution in [2.45, 2.75) is 6.18 Å². The van der Waals surface area contributed by atoms with Crippen molar-refractivity contribution < 1.29 is 18.0 Å². The Hall–Kier alpha value is -3.14. The van der Waals surface area contributed by atoms with Crippen molar-refractivity contribution in [2.75, 3.05) is 23.8 Å². The Bertz CT molecular complexity index is 977. The first kappa shape index (κ1) is 19.6. The fourth-order valence-electron chi connectivity index (χ4n) is 2.48. The van der Waals surface area contributed by atoms with Crippen LogP contribution in [0.25, 0.3) is 5.69 Å². The summed E-state index contributed by atoms with van der Waals surface area (Å²) in [4.78, 5) is 13.9. The standard InChI is InChI=1S/C17H14ClF3N6O/c1-26(12-3-2-4-13(8-12)27-10-22-24-25-27)9-16(28)23-11-5-6-15(18)14(7-11)17(19,20)21/h2-8,10H,9H2,1H3,(H,23,28). The van der Waals surface area contributed by atoms with Gasteiger partial charge in [0.15, 0.2) is 0 Å². The van der Waals surface area contributed by atoms with E-state index in [1.807, 2.05) is 0 Å². The van der Waals surface area contributed by atoms with E-state index < -0.39 is 22.7 Å². The van der Waals surface area contributed by atoms with Gasteiger partial charge in [0.25, 0.3) is 0 Å². The molecule has 3 rings (SSSR count). The molecule has 0 spiro atoms. The summed E-state index contributed by atoms with van der Waals surface area (Å²) in [6.45, 7) is -0.0803. The first-order valence-electron chi connectivity index (χ1n) is 7.95. The SMILES string of the molecule is CN(CC(=O)Nc1ccc(Cl)c(C(F)(F)F)c1)c1cccc(-n2cnnn2)c1. The summed E-state index contributed by atoms with van der Waals surface area (Å²) in [6, 6.07) is 10.3. The Morgan fingerprint density at radius 2 is 2.04 bits per heavy atom. The van der Waals surface area contributed by atoms with E-state index in [2.05, 4.69) is 20.8 Å². The van der Waals surface area contributed by atoms with Gasteiger partial charge in [-0.05, 0) is 46.8 Å². The number of anilines is 2. The highest BCUT2D eigenvalue weighted by atomic mass is 35.5. The lowest BCUT2D eigenvalue weighted by atomic mass is 10.2. The Kier molecular flexibility index (Phi) is 5.50. The molecule has 11 heteroatoms. The van der Waals surface area contributed by atoms with Gasteiger partial charge in [0.1, 0.15) is 6.33 Å². The fraction of sp³-hybridized carbons (Fsp3) is 0.176. The van der Waals surface area contributed by atoms with E-state index in [1.165, 1.54) is 17.1 Å². The molecular weight excluding hydrogens is 397 g/mol. The van der Waals surface area contributed by atoms with Gasteiger partial charge in [-0.1, -0.05) is 17.7 Å². The predicted octanol–water partition coefficient (Wildman–Crippen LogP) is 3.41. The number of nitrogens with zero attached hydrogens (tertiary/aromatic N) is 5. The van der Waals surface area contributed by atoms with Gasteiger partial charge in [-0.2, -0.15) is 13.2 Å². The number of carbonyl (C=O) groups excluding carboxylic acids is 1. The first-order chi connectivity index (χ1) is 13.2. The van der Waals surface area contributed by atoms with Gasteiger partial charge in [0, 0.05) is 18.4 Å². The van der Waals surface area contributed by atoms with Crippen LogP contribution in [0.15, 0.2) is 48.8 Å². The van der Waals surface area contributed by atoms with Gasteiger partial charge >= 0.3 is 6.18 Å². The number of tetrazole rings is 1. The van der Waals surface area contributed by atoms with Gasteiger partial charge in [0.2, 0.25) is 5.91 Å². The Labute approximate surface area is 162 Å². The van der Waals surface area contributed by atoms with E-state index in [1.54, 1.807) is 36.2 Å². The van der Waals surface area contributed by atoms with Crippen LogP contribution < -0.4 is 10.2 Å². The number of aromatic nitrogens is 4. The molecule has 3 aromatic rings. The molecule has 0 fully saturated rings. The molecule has 1 heterocycles. The topological polar surface area (TPSA) is 75.9 Å². The number of rotatable bonds is 5. The minimum Gasteiger partial charge on any atom is -0.365 e. The van der Waals surface area contributed by atoms with Crippen molar-refractivity contribution >= 4 is 28.9 Å². The van der Waals surface area contributed by atoms with Gasteiger partial charge in [-0.25, -0.2) is 4.68 Å². The van der Waals surface area contributed by atoms with Crippen LogP contribution in [0.2, 0.25) is 5.02 Å². The Balaban J connectivity index is 1.69. The lowest BCUT2D eigenvalue weighted by molar-refractivity contribution is -0.137. The van der Waals surface area contributed by atoms with E-state index in [0.29, 0.717) is 11.4 Å². The third kappa shape index (κ3) is 4.58. The number of carbonyl (C=O) groups is 1. The molecule has 0 saturated heterocycles. The molecule has 0 aliphatic rings. The van der Waals surface area contributed by atoms with Crippen molar-refractivity contribution in [3.05, 3.63) is 59.4 Å². The lowest BCUT2D eigenvalue weighted by Crippen LogP contribution is -2.30. The monoisotopic (exact) mass is 410 g/mol. The number of halogens is 4. The maximum atomic E-state index is 12.9. The second kappa shape index (κ2) is 7.85. The molecule has 0 bridgehead atoms. The fourth-order valence-corrected chi connectivity index (χ4v) is 2.70. The highest BCUT2D eigenvalue weighted by Crippen LogP contribution is 2.36. The van der Waals surface area contributed by atoms with E-state index in [0.717, 1.165) is 12.1 Å². The van der Waals surface area contributed by atoms with Crippen LogP contribution in [0, 0.1) is 0 Å². The summed E-state index contributed by atoms with van der Waals surface area (Å²) in [5.41, 5.74) is 0.407. The molecule has 0 aliphatic carbocycles. The normalized spacial score (nSPS) is 11.3. The summed E-state index contributed by atoms with van der Waals surface area (Å²) >= 11 is 5.58. The summed E-state index contributed by atoms with van der Waals surface area (Å²) in [7, 11) is 1.68. The van der Waals surface area contributed by atoms with Crippen LogP contribution in [-0.2, 0) is 11.0 Å². The predicted molar refractivity (Wildman–Crippen MR) is 97.5 cm³/mol. The molecule has 28 heavy (non-hydrogen) atoms. The molecule has 7 nitrogen and oxygen atoms in total. The number of nitrogens with one attached hydrogen (secondary N) is 1. The molecule has 0 unspecified atom stereocenters. The van der Waals surface area contributed by atoms with Crippen LogP contribution in [0.4, 0.5) is 24.5 Å². The Morgan fingerprint density at radius 1 is 1.25 bits per heavy atom. The maximum absolute atomic E-state index is 12.9. The van der Waals surface area contributed by atoms with Gasteiger partial charge in [-0.15, -0.1) is 5.10 Å². The molecule has 0 radical (unpaired) electrons. The molecule has 146 valence electrons. The van der Waals surface area contributed by atoms with Crippen molar-refractivity contribution in [1.82, 2.24) is 20.2 Å². The second-order valence-electron chi connectivity index (χ2n) is 5.87. The molecule has 0 atom stereocenters. The highest BCUT2D eigenvalue weighted by molar-refractivity contribution is 6.31. The first-order valence-corrected chi connectivity index (χ1v) is 8.33.